The fourth-order valence-corrected chi connectivity index (χ4v) is 2.40. The number of likely N-dealkylation sites (tertiary alicyclic amines) is 1. The summed E-state index contributed by atoms with van der Waals surface area (Å²) in [5, 5.41) is 0. The van der Waals surface area contributed by atoms with Gasteiger partial charge in [-0.2, -0.15) is 0 Å². The molecule has 1 unspecified atom stereocenters. The second-order valence-electron chi connectivity index (χ2n) is 4.54. The van der Waals surface area contributed by atoms with Gasteiger partial charge in [-0.1, -0.05) is 13.0 Å². The molecule has 2 heterocycles. The molecule has 0 bridgehead atoms. The summed E-state index contributed by atoms with van der Waals surface area (Å²) in [6.07, 6.45) is 5.54. The van der Waals surface area contributed by atoms with Crippen LogP contribution in [0.4, 0.5) is 0 Å². The molecule has 2 N–H and O–H groups in total. The highest BCUT2D eigenvalue weighted by Gasteiger charge is 2.23. The number of pyridine rings is 1. The van der Waals surface area contributed by atoms with Gasteiger partial charge < -0.3 is 5.73 Å². The summed E-state index contributed by atoms with van der Waals surface area (Å²) in [6, 6.07) is 6.19. The maximum absolute atomic E-state index is 6.04. The first kappa shape index (κ1) is 11.6. The number of piperidine rings is 1. The van der Waals surface area contributed by atoms with E-state index in [1.165, 1.54) is 18.5 Å². The average Bonchev–Trinajstić information content (AvgIpc) is 2.39. The summed E-state index contributed by atoms with van der Waals surface area (Å²) < 4.78 is 0. The van der Waals surface area contributed by atoms with E-state index in [1.807, 2.05) is 12.3 Å². The lowest BCUT2D eigenvalue weighted by Gasteiger charge is -2.35. The van der Waals surface area contributed by atoms with Gasteiger partial charge in [0.1, 0.15) is 0 Å². The molecule has 0 saturated carbocycles. The summed E-state index contributed by atoms with van der Waals surface area (Å²) >= 11 is 0. The van der Waals surface area contributed by atoms with Gasteiger partial charge in [0, 0.05) is 30.9 Å². The van der Waals surface area contributed by atoms with Crippen molar-refractivity contribution in [1.29, 1.82) is 0 Å². The zero-order chi connectivity index (χ0) is 11.4. The Labute approximate surface area is 97.7 Å². The zero-order valence-electron chi connectivity index (χ0n) is 9.97. The van der Waals surface area contributed by atoms with Crippen LogP contribution < -0.4 is 5.73 Å². The number of hydrogen-bond donors (Lipinski definition) is 1. The first-order chi connectivity index (χ1) is 7.81. The van der Waals surface area contributed by atoms with Gasteiger partial charge in [-0.05, 0) is 31.4 Å². The van der Waals surface area contributed by atoms with Crippen LogP contribution >= 0.6 is 0 Å². The maximum Gasteiger partial charge on any atom is 0.0569 e. The smallest absolute Gasteiger partial charge is 0.0569 e. The van der Waals surface area contributed by atoms with E-state index in [4.69, 9.17) is 5.73 Å². The van der Waals surface area contributed by atoms with Gasteiger partial charge >= 0.3 is 0 Å². The molecule has 0 aliphatic carbocycles. The molecule has 1 fully saturated rings. The molecule has 2 rings (SSSR count). The molecule has 1 atom stereocenters. The van der Waals surface area contributed by atoms with Crippen molar-refractivity contribution in [2.45, 2.75) is 38.3 Å². The average molecular weight is 219 g/mol. The molecular formula is C13H21N3. The molecule has 1 aliphatic heterocycles. The summed E-state index contributed by atoms with van der Waals surface area (Å²) in [5.74, 6) is 0.626. The van der Waals surface area contributed by atoms with E-state index in [2.05, 4.69) is 28.9 Å². The van der Waals surface area contributed by atoms with Crippen LogP contribution in [0.5, 0.6) is 0 Å². The van der Waals surface area contributed by atoms with E-state index < -0.39 is 0 Å². The molecule has 88 valence electrons. The molecule has 1 aromatic heterocycles. The van der Waals surface area contributed by atoms with Gasteiger partial charge in [0.05, 0.1) is 6.17 Å². The fraction of sp³-hybridized carbons (Fsp3) is 0.615. The van der Waals surface area contributed by atoms with Gasteiger partial charge in [-0.3, -0.25) is 9.88 Å². The lowest BCUT2D eigenvalue weighted by atomic mass is 9.93. The van der Waals surface area contributed by atoms with Crippen molar-refractivity contribution < 1.29 is 0 Å². The summed E-state index contributed by atoms with van der Waals surface area (Å²) in [4.78, 5) is 6.83. The first-order valence-electron chi connectivity index (χ1n) is 6.21. The van der Waals surface area contributed by atoms with E-state index in [0.29, 0.717) is 5.92 Å². The van der Waals surface area contributed by atoms with Crippen molar-refractivity contribution in [1.82, 2.24) is 9.88 Å². The molecular weight excluding hydrogens is 198 g/mol. The van der Waals surface area contributed by atoms with Crippen LogP contribution in [0, 0.1) is 0 Å². The number of nitrogens with two attached hydrogens (primary N) is 1. The van der Waals surface area contributed by atoms with E-state index in [0.717, 1.165) is 19.5 Å². The van der Waals surface area contributed by atoms with Crippen molar-refractivity contribution in [2.75, 3.05) is 13.1 Å². The summed E-state index contributed by atoms with van der Waals surface area (Å²) in [7, 11) is 0. The zero-order valence-corrected chi connectivity index (χ0v) is 9.97. The molecule has 0 radical (unpaired) electrons. The maximum atomic E-state index is 6.04. The van der Waals surface area contributed by atoms with Crippen molar-refractivity contribution in [3.63, 3.8) is 0 Å². The monoisotopic (exact) mass is 219 g/mol. The normalized spacial score (nSPS) is 20.9. The van der Waals surface area contributed by atoms with Crippen molar-refractivity contribution in [3.8, 4) is 0 Å². The third-order valence-corrected chi connectivity index (χ3v) is 3.52. The highest BCUT2D eigenvalue weighted by molar-refractivity contribution is 5.10. The molecule has 0 spiro atoms. The Balaban J connectivity index is 1.91. The molecule has 3 nitrogen and oxygen atoms in total. The Morgan fingerprint density at radius 2 is 2.19 bits per heavy atom. The molecule has 3 heteroatoms. The first-order valence-corrected chi connectivity index (χ1v) is 6.21. The quantitative estimate of drug-likeness (QED) is 0.845. The fourth-order valence-electron chi connectivity index (χ4n) is 2.40. The molecule has 16 heavy (non-hydrogen) atoms. The Kier molecular flexibility index (Phi) is 3.91. The topological polar surface area (TPSA) is 42.1 Å². The number of nitrogens with zero attached hydrogens (tertiary/aromatic N) is 2. The Hall–Kier alpha value is -0.930. The lowest BCUT2D eigenvalue weighted by Crippen LogP contribution is -2.45. The van der Waals surface area contributed by atoms with E-state index in [-0.39, 0.29) is 6.17 Å². The number of rotatable bonds is 3. The number of aromatic nitrogens is 1. The molecule has 1 aromatic rings. The molecule has 0 amide bonds. The van der Waals surface area contributed by atoms with Crippen molar-refractivity contribution >= 4 is 0 Å². The molecule has 1 saturated heterocycles. The third kappa shape index (κ3) is 2.60. The number of hydrogen-bond acceptors (Lipinski definition) is 3. The van der Waals surface area contributed by atoms with Crippen molar-refractivity contribution in [3.05, 3.63) is 30.1 Å². The third-order valence-electron chi connectivity index (χ3n) is 3.52. The van der Waals surface area contributed by atoms with Crippen LogP contribution in [-0.2, 0) is 0 Å². The Morgan fingerprint density at radius 3 is 2.75 bits per heavy atom. The van der Waals surface area contributed by atoms with Crippen LogP contribution in [0.15, 0.2) is 24.4 Å². The van der Waals surface area contributed by atoms with E-state index in [9.17, 15) is 0 Å². The minimum Gasteiger partial charge on any atom is -0.316 e. The van der Waals surface area contributed by atoms with Gasteiger partial charge in [0.25, 0.3) is 0 Å². The van der Waals surface area contributed by atoms with Crippen LogP contribution in [0.2, 0.25) is 0 Å². The molecule has 0 aromatic carbocycles. The summed E-state index contributed by atoms with van der Waals surface area (Å²) in [6.45, 7) is 4.36. The lowest BCUT2D eigenvalue weighted by molar-refractivity contribution is 0.150. The SMILES string of the molecule is CCC(N)N1CCC(c2ccccn2)CC1. The van der Waals surface area contributed by atoms with Crippen LogP contribution in [0.25, 0.3) is 0 Å². The highest BCUT2D eigenvalue weighted by atomic mass is 15.2. The minimum atomic E-state index is 0.240. The van der Waals surface area contributed by atoms with E-state index in [1.54, 1.807) is 0 Å². The van der Waals surface area contributed by atoms with Gasteiger partial charge in [0.15, 0.2) is 0 Å². The van der Waals surface area contributed by atoms with Gasteiger partial charge in [-0.15, -0.1) is 0 Å². The van der Waals surface area contributed by atoms with Crippen molar-refractivity contribution in [2.24, 2.45) is 5.73 Å². The second-order valence-corrected chi connectivity index (χ2v) is 4.54. The Morgan fingerprint density at radius 1 is 1.44 bits per heavy atom. The minimum absolute atomic E-state index is 0.240. The predicted molar refractivity (Wildman–Crippen MR) is 66.1 cm³/mol. The molecule has 1 aliphatic rings. The van der Waals surface area contributed by atoms with Crippen LogP contribution in [0.1, 0.15) is 37.8 Å². The van der Waals surface area contributed by atoms with E-state index >= 15 is 0 Å². The predicted octanol–water partition coefficient (Wildman–Crippen LogP) is 1.96. The van der Waals surface area contributed by atoms with Crippen LogP contribution in [0.3, 0.4) is 0 Å². The van der Waals surface area contributed by atoms with Crippen LogP contribution in [-0.4, -0.2) is 29.1 Å². The summed E-state index contributed by atoms with van der Waals surface area (Å²) in [5.41, 5.74) is 7.28. The second kappa shape index (κ2) is 5.41. The Bertz CT molecular complexity index is 304. The van der Waals surface area contributed by atoms with Gasteiger partial charge in [-0.25, -0.2) is 0 Å². The van der Waals surface area contributed by atoms with Gasteiger partial charge in [0.2, 0.25) is 0 Å². The highest BCUT2D eigenvalue weighted by Crippen LogP contribution is 2.26. The standard InChI is InChI=1S/C13H21N3/c1-2-13(14)16-9-6-11(7-10-16)12-5-3-4-8-15-12/h3-5,8,11,13H,2,6-7,9-10,14H2,1H3. The largest absolute Gasteiger partial charge is 0.316 e.